The Morgan fingerprint density at radius 1 is 0.474 bits per heavy atom. The maximum Gasteiger partial charge on any atom is 0.0711 e. The maximum atomic E-state index is 2.58. The van der Waals surface area contributed by atoms with Crippen molar-refractivity contribution in [1.29, 1.82) is 0 Å². The Labute approximate surface area is 338 Å². The smallest absolute Gasteiger partial charge is 0.0711 e. The van der Waals surface area contributed by atoms with E-state index in [4.69, 9.17) is 0 Å². The van der Waals surface area contributed by atoms with Crippen molar-refractivity contribution in [2.24, 2.45) is 5.41 Å². The van der Waals surface area contributed by atoms with Crippen LogP contribution < -0.4 is 4.90 Å². The van der Waals surface area contributed by atoms with Gasteiger partial charge in [0.25, 0.3) is 0 Å². The van der Waals surface area contributed by atoms with Gasteiger partial charge in [-0.15, -0.1) is 0 Å². The number of para-hydroxylation sites is 1. The van der Waals surface area contributed by atoms with Gasteiger partial charge in [-0.1, -0.05) is 192 Å². The maximum absolute atomic E-state index is 2.58. The molecule has 7 aromatic carbocycles. The van der Waals surface area contributed by atoms with Crippen LogP contribution >= 0.6 is 0 Å². The zero-order valence-electron chi connectivity index (χ0n) is 33.7. The van der Waals surface area contributed by atoms with E-state index in [-0.39, 0.29) is 10.8 Å². The number of allylic oxidation sites excluding steroid dienone is 4. The molecular formula is C56H49N. The van der Waals surface area contributed by atoms with E-state index in [2.05, 4.69) is 222 Å². The lowest BCUT2D eigenvalue weighted by Gasteiger charge is -2.38. The lowest BCUT2D eigenvalue weighted by atomic mass is 9.65. The first-order chi connectivity index (χ1) is 27.7. The fourth-order valence-electron chi connectivity index (χ4n) is 10.3. The zero-order chi connectivity index (χ0) is 38.9. The molecule has 1 heteroatoms. The Morgan fingerprint density at radius 3 is 1.65 bits per heavy atom. The van der Waals surface area contributed by atoms with Crippen molar-refractivity contribution < 1.29 is 0 Å². The fourth-order valence-corrected chi connectivity index (χ4v) is 10.3. The summed E-state index contributed by atoms with van der Waals surface area (Å²) in [6.45, 7) is 11.9. The van der Waals surface area contributed by atoms with Crippen LogP contribution in [-0.4, -0.2) is 0 Å². The standard InChI is InChI=1S/C56H49N/c1-54(2,3)41-29-32-47-48-34-31-43(37-52(48)56(51(47)35-41,39-21-11-7-12-22-39)40-23-13-8-14-24-40)57(53-28-18-16-25-44(53)38-19-9-6-10-20-38)42-30-33-46-45-26-15-17-27-49(45)55(4,5)50(46)36-42/h6-28,30-31,33-37H,29,32H2,1-5H3. The molecule has 0 bridgehead atoms. The second-order valence-corrected chi connectivity index (χ2v) is 17.6. The number of nitrogens with zero attached hydrogens (tertiary/aromatic N) is 1. The van der Waals surface area contributed by atoms with Crippen molar-refractivity contribution in [2.75, 3.05) is 4.90 Å². The molecule has 278 valence electrons. The van der Waals surface area contributed by atoms with Crippen LogP contribution in [0.4, 0.5) is 17.1 Å². The molecule has 0 heterocycles. The van der Waals surface area contributed by atoms with Gasteiger partial charge in [-0.05, 0) is 110 Å². The zero-order valence-corrected chi connectivity index (χ0v) is 33.7. The van der Waals surface area contributed by atoms with Crippen molar-refractivity contribution in [3.8, 4) is 22.3 Å². The SMILES string of the molecule is CC(C)(C)C1=CC2=C(CC1)c1ccc(N(c3ccc4c(c3)C(C)(C)c3ccccc3-4)c3ccccc3-c3ccccc3)cc1C2(c1ccccc1)c1ccccc1. The monoisotopic (exact) mass is 735 g/mol. The van der Waals surface area contributed by atoms with Crippen LogP contribution in [0.3, 0.4) is 0 Å². The van der Waals surface area contributed by atoms with Crippen LogP contribution in [0, 0.1) is 5.41 Å². The first kappa shape index (κ1) is 35.2. The molecule has 3 aliphatic rings. The molecule has 1 nitrogen and oxygen atoms in total. The third-order valence-electron chi connectivity index (χ3n) is 13.1. The van der Waals surface area contributed by atoms with Crippen LogP contribution in [0.2, 0.25) is 0 Å². The molecule has 0 aliphatic heterocycles. The molecule has 0 saturated carbocycles. The summed E-state index contributed by atoms with van der Waals surface area (Å²) < 4.78 is 0. The first-order valence-corrected chi connectivity index (χ1v) is 20.6. The van der Waals surface area contributed by atoms with Gasteiger partial charge in [0.1, 0.15) is 0 Å². The minimum Gasteiger partial charge on any atom is -0.310 e. The van der Waals surface area contributed by atoms with Crippen LogP contribution in [0.25, 0.3) is 27.8 Å². The molecule has 3 aliphatic carbocycles. The largest absolute Gasteiger partial charge is 0.310 e. The molecule has 0 unspecified atom stereocenters. The average Bonchev–Trinajstić information content (AvgIpc) is 3.66. The highest BCUT2D eigenvalue weighted by Crippen LogP contribution is 2.60. The van der Waals surface area contributed by atoms with Gasteiger partial charge in [0.15, 0.2) is 0 Å². The van der Waals surface area contributed by atoms with Gasteiger partial charge in [0.2, 0.25) is 0 Å². The number of benzene rings is 7. The summed E-state index contributed by atoms with van der Waals surface area (Å²) in [5.41, 5.74) is 20.5. The quantitative estimate of drug-likeness (QED) is 0.164. The minimum atomic E-state index is -0.480. The molecule has 0 spiro atoms. The van der Waals surface area contributed by atoms with E-state index in [0.717, 1.165) is 29.9 Å². The molecule has 7 aromatic rings. The van der Waals surface area contributed by atoms with Crippen molar-refractivity contribution in [3.05, 3.63) is 227 Å². The van der Waals surface area contributed by atoms with Crippen molar-refractivity contribution >= 4 is 22.6 Å². The normalized spacial score (nSPS) is 16.0. The Morgan fingerprint density at radius 2 is 1.00 bits per heavy atom. The van der Waals surface area contributed by atoms with Crippen LogP contribution in [0.5, 0.6) is 0 Å². The highest BCUT2D eigenvalue weighted by Gasteiger charge is 2.48. The Kier molecular flexibility index (Phi) is 8.17. The van der Waals surface area contributed by atoms with Crippen molar-refractivity contribution in [3.63, 3.8) is 0 Å². The number of hydrogen-bond donors (Lipinski definition) is 0. The van der Waals surface area contributed by atoms with Crippen LogP contribution in [-0.2, 0) is 10.8 Å². The minimum absolute atomic E-state index is 0.0799. The van der Waals surface area contributed by atoms with E-state index >= 15 is 0 Å². The van der Waals surface area contributed by atoms with Gasteiger partial charge in [-0.25, -0.2) is 0 Å². The van der Waals surface area contributed by atoms with Gasteiger partial charge in [-0.3, -0.25) is 0 Å². The molecular weight excluding hydrogens is 687 g/mol. The molecule has 0 fully saturated rings. The molecule has 0 atom stereocenters. The van der Waals surface area contributed by atoms with Crippen LogP contribution in [0.1, 0.15) is 80.8 Å². The third kappa shape index (κ3) is 5.43. The summed E-state index contributed by atoms with van der Waals surface area (Å²) >= 11 is 0. The summed E-state index contributed by atoms with van der Waals surface area (Å²) in [6.07, 6.45) is 4.70. The lowest BCUT2D eigenvalue weighted by Crippen LogP contribution is -2.30. The number of anilines is 3. The van der Waals surface area contributed by atoms with Gasteiger partial charge in [0, 0.05) is 22.4 Å². The lowest BCUT2D eigenvalue weighted by molar-refractivity contribution is 0.480. The second-order valence-electron chi connectivity index (χ2n) is 17.6. The summed E-state index contributed by atoms with van der Waals surface area (Å²) in [4.78, 5) is 2.52. The van der Waals surface area contributed by atoms with Crippen molar-refractivity contribution in [2.45, 2.75) is 58.3 Å². The highest BCUT2D eigenvalue weighted by atomic mass is 15.1. The van der Waals surface area contributed by atoms with E-state index in [1.807, 2.05) is 0 Å². The molecule has 10 rings (SSSR count). The Bertz CT molecular complexity index is 2680. The third-order valence-corrected chi connectivity index (χ3v) is 13.1. The summed E-state index contributed by atoms with van der Waals surface area (Å²) in [6, 6.07) is 65.8. The van der Waals surface area contributed by atoms with Crippen LogP contribution in [0.15, 0.2) is 193 Å². The number of hydrogen-bond acceptors (Lipinski definition) is 1. The predicted molar refractivity (Wildman–Crippen MR) is 241 cm³/mol. The molecule has 0 radical (unpaired) electrons. The molecule has 0 aromatic heterocycles. The summed E-state index contributed by atoms with van der Waals surface area (Å²) in [7, 11) is 0. The Hall–Kier alpha value is -6.18. The topological polar surface area (TPSA) is 3.24 Å². The van der Waals surface area contributed by atoms with Gasteiger partial charge < -0.3 is 4.90 Å². The molecule has 0 saturated heterocycles. The predicted octanol–water partition coefficient (Wildman–Crippen LogP) is 15.0. The second kappa shape index (κ2) is 13.2. The summed E-state index contributed by atoms with van der Waals surface area (Å²) in [5, 5.41) is 0. The summed E-state index contributed by atoms with van der Waals surface area (Å²) in [5.74, 6) is 0. The van der Waals surface area contributed by atoms with Gasteiger partial charge in [0.05, 0.1) is 11.1 Å². The molecule has 0 N–H and O–H groups in total. The van der Waals surface area contributed by atoms with Gasteiger partial charge >= 0.3 is 0 Å². The van der Waals surface area contributed by atoms with E-state index < -0.39 is 5.41 Å². The van der Waals surface area contributed by atoms with E-state index in [1.54, 1.807) is 0 Å². The van der Waals surface area contributed by atoms with E-state index in [9.17, 15) is 0 Å². The van der Waals surface area contributed by atoms with Crippen molar-refractivity contribution in [1.82, 2.24) is 0 Å². The Balaban J connectivity index is 1.26. The molecule has 57 heavy (non-hydrogen) atoms. The van der Waals surface area contributed by atoms with E-state index in [0.29, 0.717) is 0 Å². The molecule has 0 amide bonds. The highest BCUT2D eigenvalue weighted by molar-refractivity contribution is 5.94. The number of rotatable bonds is 6. The number of fused-ring (bicyclic) bond motifs is 5. The fraction of sp³-hybridized carbons (Fsp3) is 0.179. The van der Waals surface area contributed by atoms with Gasteiger partial charge in [-0.2, -0.15) is 0 Å². The first-order valence-electron chi connectivity index (χ1n) is 20.6. The average molecular weight is 736 g/mol. The van der Waals surface area contributed by atoms with E-state index in [1.165, 1.54) is 72.4 Å².